The molecule has 5 nitrogen and oxygen atoms in total. The van der Waals surface area contributed by atoms with Crippen molar-refractivity contribution in [1.29, 1.82) is 0 Å². The monoisotopic (exact) mass is 292 g/mol. The van der Waals surface area contributed by atoms with Gasteiger partial charge in [-0.3, -0.25) is 4.79 Å². The molecule has 21 heavy (non-hydrogen) atoms. The molecule has 1 fully saturated rings. The third-order valence-electron chi connectivity index (χ3n) is 4.04. The first-order valence-corrected chi connectivity index (χ1v) is 8.06. The molecule has 2 rings (SSSR count). The Hall–Kier alpha value is -1.49. The van der Waals surface area contributed by atoms with Gasteiger partial charge in [0.15, 0.2) is 0 Å². The zero-order valence-corrected chi connectivity index (χ0v) is 13.3. The Bertz CT molecular complexity index is 461. The highest BCUT2D eigenvalue weighted by atomic mass is 16.1. The first-order chi connectivity index (χ1) is 10.1. The highest BCUT2D eigenvalue weighted by Crippen LogP contribution is 2.16. The van der Waals surface area contributed by atoms with Crippen LogP contribution < -0.4 is 11.1 Å². The largest absolute Gasteiger partial charge is 0.397 e. The number of nitrogens with zero attached hydrogens (tertiary/aromatic N) is 2. The van der Waals surface area contributed by atoms with Crippen LogP contribution >= 0.6 is 0 Å². The van der Waals surface area contributed by atoms with Crippen molar-refractivity contribution < 1.29 is 4.79 Å². The number of hydrogen-bond acceptors (Lipinski definition) is 3. The molecule has 0 bridgehead atoms. The highest BCUT2D eigenvalue weighted by Gasteiger charge is 2.14. The van der Waals surface area contributed by atoms with Gasteiger partial charge < -0.3 is 20.5 Å². The standard InChI is InChI=1S/C16H28N4O/c1-13(2)20-12-14(17)11-15(20)16(21)18-7-6-10-19-8-4-3-5-9-19/h11-13H,3-10,17H2,1-2H3,(H,18,21). The minimum Gasteiger partial charge on any atom is -0.397 e. The van der Waals surface area contributed by atoms with E-state index in [0.29, 0.717) is 11.4 Å². The molecule has 1 amide bonds. The molecule has 1 aromatic heterocycles. The number of piperidine rings is 1. The van der Waals surface area contributed by atoms with Crippen molar-refractivity contribution >= 4 is 11.6 Å². The number of rotatable bonds is 6. The van der Waals surface area contributed by atoms with Gasteiger partial charge in [-0.25, -0.2) is 0 Å². The fraction of sp³-hybridized carbons (Fsp3) is 0.688. The third kappa shape index (κ3) is 4.49. The average molecular weight is 292 g/mol. The van der Waals surface area contributed by atoms with E-state index in [-0.39, 0.29) is 11.9 Å². The van der Waals surface area contributed by atoms with Crippen LogP contribution in [0.25, 0.3) is 0 Å². The molecule has 1 saturated heterocycles. The SMILES string of the molecule is CC(C)n1cc(N)cc1C(=O)NCCCN1CCCCC1. The summed E-state index contributed by atoms with van der Waals surface area (Å²) in [6, 6.07) is 1.98. The maximum atomic E-state index is 12.2. The van der Waals surface area contributed by atoms with Crippen molar-refractivity contribution in [1.82, 2.24) is 14.8 Å². The summed E-state index contributed by atoms with van der Waals surface area (Å²) in [5.41, 5.74) is 7.09. The Balaban J connectivity index is 1.76. The Morgan fingerprint density at radius 2 is 2.05 bits per heavy atom. The minimum absolute atomic E-state index is 0.0287. The van der Waals surface area contributed by atoms with Gasteiger partial charge in [0.25, 0.3) is 5.91 Å². The van der Waals surface area contributed by atoms with E-state index in [2.05, 4.69) is 10.2 Å². The van der Waals surface area contributed by atoms with Gasteiger partial charge in [0.05, 0.1) is 5.69 Å². The molecule has 1 aliphatic heterocycles. The van der Waals surface area contributed by atoms with Crippen LogP contribution in [0, 0.1) is 0 Å². The normalized spacial score (nSPS) is 16.3. The first-order valence-electron chi connectivity index (χ1n) is 8.06. The number of nitrogens with two attached hydrogens (primary N) is 1. The van der Waals surface area contributed by atoms with E-state index in [0.717, 1.165) is 19.5 Å². The smallest absolute Gasteiger partial charge is 0.267 e. The molecule has 1 aromatic rings. The molecule has 0 aliphatic carbocycles. The van der Waals surface area contributed by atoms with E-state index in [9.17, 15) is 4.79 Å². The number of anilines is 1. The number of hydrogen-bond donors (Lipinski definition) is 2. The molecule has 118 valence electrons. The maximum absolute atomic E-state index is 12.2. The van der Waals surface area contributed by atoms with E-state index in [1.165, 1.54) is 32.4 Å². The Labute approximate surface area is 127 Å². The van der Waals surface area contributed by atoms with Crippen molar-refractivity contribution in [3.05, 3.63) is 18.0 Å². The van der Waals surface area contributed by atoms with E-state index in [1.807, 2.05) is 24.6 Å². The quantitative estimate of drug-likeness (QED) is 0.791. The van der Waals surface area contributed by atoms with Gasteiger partial charge in [-0.2, -0.15) is 0 Å². The molecule has 0 saturated carbocycles. The predicted octanol–water partition coefficient (Wildman–Crippen LogP) is 2.26. The molecule has 5 heteroatoms. The molecule has 0 aromatic carbocycles. The van der Waals surface area contributed by atoms with Gasteiger partial charge in [0.2, 0.25) is 0 Å². The fourth-order valence-electron chi connectivity index (χ4n) is 2.89. The van der Waals surface area contributed by atoms with E-state index in [4.69, 9.17) is 5.73 Å². The van der Waals surface area contributed by atoms with Crippen LogP contribution in [0.3, 0.4) is 0 Å². The lowest BCUT2D eigenvalue weighted by atomic mass is 10.1. The van der Waals surface area contributed by atoms with Crippen LogP contribution in [0.2, 0.25) is 0 Å². The zero-order chi connectivity index (χ0) is 15.2. The highest BCUT2D eigenvalue weighted by molar-refractivity contribution is 5.93. The second kappa shape index (κ2) is 7.50. The van der Waals surface area contributed by atoms with E-state index >= 15 is 0 Å². The molecular formula is C16H28N4O. The minimum atomic E-state index is -0.0287. The van der Waals surface area contributed by atoms with Crippen LogP contribution in [0.4, 0.5) is 5.69 Å². The molecule has 3 N–H and O–H groups in total. The van der Waals surface area contributed by atoms with Crippen molar-refractivity contribution in [3.8, 4) is 0 Å². The van der Waals surface area contributed by atoms with Gasteiger partial charge in [-0.05, 0) is 58.8 Å². The van der Waals surface area contributed by atoms with Gasteiger partial charge in [-0.1, -0.05) is 6.42 Å². The number of carbonyl (C=O) groups excluding carboxylic acids is 1. The molecule has 1 aliphatic rings. The van der Waals surface area contributed by atoms with Gasteiger partial charge in [0, 0.05) is 18.8 Å². The lowest BCUT2D eigenvalue weighted by Crippen LogP contribution is -2.33. The number of amides is 1. The van der Waals surface area contributed by atoms with Crippen molar-refractivity contribution in [2.75, 3.05) is 31.9 Å². The predicted molar refractivity (Wildman–Crippen MR) is 86.5 cm³/mol. The van der Waals surface area contributed by atoms with E-state index in [1.54, 1.807) is 6.07 Å². The van der Waals surface area contributed by atoms with Crippen LogP contribution in [0.1, 0.15) is 56.1 Å². The summed E-state index contributed by atoms with van der Waals surface area (Å²) in [6.07, 6.45) is 6.82. The van der Waals surface area contributed by atoms with Gasteiger partial charge >= 0.3 is 0 Å². The molecular weight excluding hydrogens is 264 g/mol. The van der Waals surface area contributed by atoms with Gasteiger partial charge in [0.1, 0.15) is 5.69 Å². The summed E-state index contributed by atoms with van der Waals surface area (Å²) in [4.78, 5) is 14.7. The molecule has 0 atom stereocenters. The van der Waals surface area contributed by atoms with Crippen LogP contribution in [-0.2, 0) is 0 Å². The van der Waals surface area contributed by atoms with Crippen molar-refractivity contribution in [2.45, 2.75) is 45.6 Å². The van der Waals surface area contributed by atoms with Crippen LogP contribution in [0.15, 0.2) is 12.3 Å². The van der Waals surface area contributed by atoms with Crippen molar-refractivity contribution in [2.24, 2.45) is 0 Å². The number of carbonyl (C=O) groups is 1. The number of nitrogens with one attached hydrogen (secondary N) is 1. The van der Waals surface area contributed by atoms with Crippen LogP contribution in [0.5, 0.6) is 0 Å². The fourth-order valence-corrected chi connectivity index (χ4v) is 2.89. The molecule has 2 heterocycles. The Morgan fingerprint density at radius 1 is 1.33 bits per heavy atom. The zero-order valence-electron chi connectivity index (χ0n) is 13.3. The Kier molecular flexibility index (Phi) is 5.67. The average Bonchev–Trinajstić information content (AvgIpc) is 2.87. The summed E-state index contributed by atoms with van der Waals surface area (Å²) >= 11 is 0. The van der Waals surface area contributed by atoms with Crippen LogP contribution in [-0.4, -0.2) is 41.6 Å². The topological polar surface area (TPSA) is 63.3 Å². The van der Waals surface area contributed by atoms with Gasteiger partial charge in [-0.15, -0.1) is 0 Å². The maximum Gasteiger partial charge on any atom is 0.267 e. The second-order valence-electron chi connectivity index (χ2n) is 6.17. The van der Waals surface area contributed by atoms with Crippen molar-refractivity contribution in [3.63, 3.8) is 0 Å². The summed E-state index contributed by atoms with van der Waals surface area (Å²) in [7, 11) is 0. The second-order valence-corrected chi connectivity index (χ2v) is 6.17. The lowest BCUT2D eigenvalue weighted by molar-refractivity contribution is 0.0940. The Morgan fingerprint density at radius 3 is 2.71 bits per heavy atom. The molecule has 0 spiro atoms. The van der Waals surface area contributed by atoms with E-state index < -0.39 is 0 Å². The number of aromatic nitrogens is 1. The summed E-state index contributed by atoms with van der Waals surface area (Å²) in [5.74, 6) is -0.0287. The summed E-state index contributed by atoms with van der Waals surface area (Å²) < 4.78 is 1.93. The molecule has 0 unspecified atom stereocenters. The number of nitrogen functional groups attached to an aromatic ring is 1. The first kappa shape index (κ1) is 15.9. The summed E-state index contributed by atoms with van der Waals surface area (Å²) in [6.45, 7) is 8.31. The summed E-state index contributed by atoms with van der Waals surface area (Å²) in [5, 5.41) is 3.01. The third-order valence-corrected chi connectivity index (χ3v) is 4.04. The lowest BCUT2D eigenvalue weighted by Gasteiger charge is -2.26. The molecule has 0 radical (unpaired) electrons. The number of likely N-dealkylation sites (tertiary alicyclic amines) is 1.